The van der Waals surface area contributed by atoms with Crippen LogP contribution in [0.25, 0.3) is 0 Å². The van der Waals surface area contributed by atoms with Crippen LogP contribution in [0.5, 0.6) is 5.75 Å². The molecular weight excluding hydrogens is 249 g/mol. The van der Waals surface area contributed by atoms with Crippen LogP contribution >= 0.6 is 0 Å². The van der Waals surface area contributed by atoms with Crippen LogP contribution in [0.3, 0.4) is 0 Å². The Balaban J connectivity index is 2.53. The number of benzene rings is 1. The van der Waals surface area contributed by atoms with Crippen LogP contribution in [0.15, 0.2) is 24.3 Å². The van der Waals surface area contributed by atoms with Gasteiger partial charge in [-0.15, -0.1) is 0 Å². The van der Waals surface area contributed by atoms with Crippen molar-refractivity contribution >= 4 is 5.78 Å². The highest BCUT2D eigenvalue weighted by Crippen LogP contribution is 2.16. The lowest BCUT2D eigenvalue weighted by molar-refractivity contribution is -0.170. The van der Waals surface area contributed by atoms with Crippen LogP contribution in [0, 0.1) is 0 Å². The summed E-state index contributed by atoms with van der Waals surface area (Å²) in [5, 5.41) is 0. The Morgan fingerprint density at radius 3 is 2.67 bits per heavy atom. The summed E-state index contributed by atoms with van der Waals surface area (Å²) in [5.41, 5.74) is 0.267. The molecule has 0 spiro atoms. The van der Waals surface area contributed by atoms with E-state index in [0.717, 1.165) is 0 Å². The van der Waals surface area contributed by atoms with Gasteiger partial charge in [0, 0.05) is 5.56 Å². The van der Waals surface area contributed by atoms with Gasteiger partial charge in [-0.25, -0.2) is 0 Å². The third kappa shape index (κ3) is 5.18. The molecule has 0 aromatic heterocycles. The number of hydrogen-bond acceptors (Lipinski definition) is 3. The van der Waals surface area contributed by atoms with Crippen molar-refractivity contribution in [1.82, 2.24) is 0 Å². The highest BCUT2D eigenvalue weighted by Gasteiger charge is 2.27. The second-order valence-corrected chi connectivity index (χ2v) is 3.49. The fourth-order valence-electron chi connectivity index (χ4n) is 1.27. The normalized spacial score (nSPS) is 11.3. The van der Waals surface area contributed by atoms with E-state index in [1.165, 1.54) is 12.1 Å². The first kappa shape index (κ1) is 14.5. The number of alkyl halides is 3. The molecule has 0 saturated heterocycles. The smallest absolute Gasteiger partial charge is 0.411 e. The van der Waals surface area contributed by atoms with E-state index in [0.29, 0.717) is 12.4 Å². The SMILES string of the molecule is CCOc1cccc(C(=O)COCC(F)(F)F)c1. The minimum Gasteiger partial charge on any atom is -0.494 e. The van der Waals surface area contributed by atoms with Gasteiger partial charge in [0.25, 0.3) is 0 Å². The minimum absolute atomic E-state index is 0.267. The lowest BCUT2D eigenvalue weighted by atomic mass is 10.1. The summed E-state index contributed by atoms with van der Waals surface area (Å²) < 4.78 is 44.9. The largest absolute Gasteiger partial charge is 0.494 e. The van der Waals surface area contributed by atoms with E-state index in [2.05, 4.69) is 4.74 Å². The zero-order chi connectivity index (χ0) is 13.6. The summed E-state index contributed by atoms with van der Waals surface area (Å²) in [7, 11) is 0. The third-order valence-electron chi connectivity index (χ3n) is 1.97. The number of hydrogen-bond donors (Lipinski definition) is 0. The zero-order valence-electron chi connectivity index (χ0n) is 9.79. The summed E-state index contributed by atoms with van der Waals surface area (Å²) in [6.07, 6.45) is -4.42. The third-order valence-corrected chi connectivity index (χ3v) is 1.97. The van der Waals surface area contributed by atoms with Crippen LogP contribution < -0.4 is 4.74 Å². The summed E-state index contributed by atoms with van der Waals surface area (Å²) >= 11 is 0. The van der Waals surface area contributed by atoms with Crippen molar-refractivity contribution < 1.29 is 27.4 Å². The molecule has 0 fully saturated rings. The van der Waals surface area contributed by atoms with Crippen molar-refractivity contribution in [2.45, 2.75) is 13.1 Å². The summed E-state index contributed by atoms with van der Waals surface area (Å²) in [4.78, 5) is 11.5. The molecule has 0 heterocycles. The molecule has 6 heteroatoms. The van der Waals surface area contributed by atoms with Crippen LogP contribution in [0.1, 0.15) is 17.3 Å². The maximum absolute atomic E-state index is 11.8. The first-order valence-electron chi connectivity index (χ1n) is 5.33. The second-order valence-electron chi connectivity index (χ2n) is 3.49. The summed E-state index contributed by atoms with van der Waals surface area (Å²) in [5.74, 6) is -0.0139. The second kappa shape index (κ2) is 6.39. The Kier molecular flexibility index (Phi) is 5.15. The first-order valence-corrected chi connectivity index (χ1v) is 5.33. The van der Waals surface area contributed by atoms with Crippen molar-refractivity contribution in [1.29, 1.82) is 0 Å². The lowest BCUT2D eigenvalue weighted by Crippen LogP contribution is -2.20. The van der Waals surface area contributed by atoms with Gasteiger partial charge in [0.1, 0.15) is 19.0 Å². The highest BCUT2D eigenvalue weighted by molar-refractivity contribution is 5.97. The Labute approximate surface area is 103 Å². The van der Waals surface area contributed by atoms with Gasteiger partial charge in [-0.3, -0.25) is 4.79 Å². The van der Waals surface area contributed by atoms with Crippen molar-refractivity contribution in [3.8, 4) is 5.75 Å². The van der Waals surface area contributed by atoms with Crippen LogP contribution in [-0.2, 0) is 4.74 Å². The number of ketones is 1. The molecule has 1 aromatic carbocycles. The molecule has 0 bridgehead atoms. The molecule has 1 rings (SSSR count). The molecule has 100 valence electrons. The Morgan fingerprint density at radius 1 is 1.33 bits per heavy atom. The van der Waals surface area contributed by atoms with Gasteiger partial charge in [0.2, 0.25) is 0 Å². The van der Waals surface area contributed by atoms with Crippen molar-refractivity contribution in [3.05, 3.63) is 29.8 Å². The molecule has 0 N–H and O–H groups in total. The fourth-order valence-corrected chi connectivity index (χ4v) is 1.27. The predicted molar refractivity (Wildman–Crippen MR) is 58.8 cm³/mol. The average molecular weight is 262 g/mol. The molecule has 0 saturated carbocycles. The van der Waals surface area contributed by atoms with Gasteiger partial charge in [0.05, 0.1) is 6.61 Å². The molecule has 0 atom stereocenters. The van der Waals surface area contributed by atoms with Crippen molar-refractivity contribution in [2.24, 2.45) is 0 Å². The Bertz CT molecular complexity index is 402. The van der Waals surface area contributed by atoms with Crippen molar-refractivity contribution in [2.75, 3.05) is 19.8 Å². The molecule has 0 unspecified atom stereocenters. The number of carbonyl (C=O) groups is 1. The monoisotopic (exact) mass is 262 g/mol. The Morgan fingerprint density at radius 2 is 2.06 bits per heavy atom. The minimum atomic E-state index is -4.42. The zero-order valence-corrected chi connectivity index (χ0v) is 9.79. The number of rotatable bonds is 6. The van der Waals surface area contributed by atoms with Crippen LogP contribution in [-0.4, -0.2) is 31.8 Å². The van der Waals surface area contributed by atoms with Crippen LogP contribution in [0.4, 0.5) is 13.2 Å². The molecule has 18 heavy (non-hydrogen) atoms. The molecule has 1 aromatic rings. The topological polar surface area (TPSA) is 35.5 Å². The highest BCUT2D eigenvalue weighted by atomic mass is 19.4. The van der Waals surface area contributed by atoms with E-state index in [9.17, 15) is 18.0 Å². The quantitative estimate of drug-likeness (QED) is 0.739. The maximum Gasteiger partial charge on any atom is 0.411 e. The summed E-state index contributed by atoms with van der Waals surface area (Å²) in [6.45, 7) is 0.210. The average Bonchev–Trinajstić information content (AvgIpc) is 2.28. The van der Waals surface area contributed by atoms with Crippen molar-refractivity contribution in [3.63, 3.8) is 0 Å². The number of carbonyl (C=O) groups excluding carboxylic acids is 1. The maximum atomic E-state index is 11.8. The van der Waals surface area contributed by atoms with Gasteiger partial charge < -0.3 is 9.47 Å². The molecule has 0 aliphatic heterocycles. The van der Waals surface area contributed by atoms with Gasteiger partial charge in [-0.1, -0.05) is 12.1 Å². The van der Waals surface area contributed by atoms with Gasteiger partial charge in [-0.05, 0) is 19.1 Å². The first-order chi connectivity index (χ1) is 8.42. The standard InChI is InChI=1S/C12H13F3O3/c1-2-18-10-5-3-4-9(6-10)11(16)7-17-8-12(13,14)15/h3-6H,2,7-8H2,1H3. The summed E-state index contributed by atoms with van der Waals surface area (Å²) in [6, 6.07) is 6.24. The fraction of sp³-hybridized carbons (Fsp3) is 0.417. The molecule has 0 radical (unpaired) electrons. The molecule has 0 aliphatic carbocycles. The molecule has 3 nitrogen and oxygen atoms in total. The van der Waals surface area contributed by atoms with Gasteiger partial charge in [0.15, 0.2) is 5.78 Å². The van der Waals surface area contributed by atoms with E-state index in [1.54, 1.807) is 19.1 Å². The number of Topliss-reactive ketones (excluding diaryl/α,β-unsaturated/α-hetero) is 1. The molecule has 0 amide bonds. The lowest BCUT2D eigenvalue weighted by Gasteiger charge is -2.08. The van der Waals surface area contributed by atoms with E-state index in [4.69, 9.17) is 4.74 Å². The predicted octanol–water partition coefficient (Wildman–Crippen LogP) is 2.85. The van der Waals surface area contributed by atoms with E-state index < -0.39 is 25.2 Å². The van der Waals surface area contributed by atoms with E-state index >= 15 is 0 Å². The number of halogens is 3. The number of ether oxygens (including phenoxy) is 2. The van der Waals surface area contributed by atoms with Crippen LogP contribution in [0.2, 0.25) is 0 Å². The van der Waals surface area contributed by atoms with Gasteiger partial charge >= 0.3 is 6.18 Å². The molecular formula is C12H13F3O3. The Hall–Kier alpha value is -1.56. The van der Waals surface area contributed by atoms with Gasteiger partial charge in [-0.2, -0.15) is 13.2 Å². The van der Waals surface area contributed by atoms with E-state index in [-0.39, 0.29) is 5.56 Å². The molecule has 0 aliphatic rings. The van der Waals surface area contributed by atoms with E-state index in [1.807, 2.05) is 0 Å².